The third kappa shape index (κ3) is 3.21. The van der Waals surface area contributed by atoms with Gasteiger partial charge in [-0.15, -0.1) is 0 Å². The van der Waals surface area contributed by atoms with Crippen LogP contribution in [-0.2, 0) is 14.9 Å². The SMILES string of the molecule is COC(=O)c1cccc(NS(=O)(=O)N(C)C)c1Br. The molecule has 100 valence electrons. The molecule has 0 unspecified atom stereocenters. The van der Waals surface area contributed by atoms with Crippen molar-refractivity contribution < 1.29 is 17.9 Å². The Kier molecular flexibility index (Phi) is 4.71. The minimum absolute atomic E-state index is 0.247. The zero-order chi connectivity index (χ0) is 13.9. The topological polar surface area (TPSA) is 75.7 Å². The molecule has 1 rings (SSSR count). The van der Waals surface area contributed by atoms with Gasteiger partial charge in [-0.1, -0.05) is 6.07 Å². The maximum absolute atomic E-state index is 11.7. The van der Waals surface area contributed by atoms with Gasteiger partial charge < -0.3 is 4.74 Å². The highest BCUT2D eigenvalue weighted by Gasteiger charge is 2.18. The molecule has 0 radical (unpaired) electrons. The third-order valence-electron chi connectivity index (χ3n) is 2.12. The number of rotatable bonds is 4. The van der Waals surface area contributed by atoms with E-state index in [0.29, 0.717) is 4.47 Å². The summed E-state index contributed by atoms with van der Waals surface area (Å²) in [5.74, 6) is -0.548. The molecule has 0 spiro atoms. The van der Waals surface area contributed by atoms with Gasteiger partial charge in [-0.05, 0) is 28.1 Å². The number of carbonyl (C=O) groups excluding carboxylic acids is 1. The van der Waals surface area contributed by atoms with Crippen molar-refractivity contribution in [3.63, 3.8) is 0 Å². The molecule has 0 fully saturated rings. The van der Waals surface area contributed by atoms with Crippen molar-refractivity contribution in [1.29, 1.82) is 0 Å². The first-order valence-electron chi connectivity index (χ1n) is 4.86. The molecule has 0 amide bonds. The first kappa shape index (κ1) is 14.9. The fourth-order valence-electron chi connectivity index (χ4n) is 1.11. The number of carbonyl (C=O) groups is 1. The van der Waals surface area contributed by atoms with E-state index in [1.54, 1.807) is 6.07 Å². The Hall–Kier alpha value is -1.12. The van der Waals surface area contributed by atoms with Crippen molar-refractivity contribution in [2.45, 2.75) is 0 Å². The van der Waals surface area contributed by atoms with Crippen LogP contribution in [0, 0.1) is 0 Å². The first-order valence-corrected chi connectivity index (χ1v) is 7.10. The van der Waals surface area contributed by atoms with Gasteiger partial charge in [0.1, 0.15) is 0 Å². The van der Waals surface area contributed by atoms with Crippen LogP contribution in [0.3, 0.4) is 0 Å². The molecule has 0 aliphatic carbocycles. The smallest absolute Gasteiger partial charge is 0.339 e. The average molecular weight is 337 g/mol. The summed E-state index contributed by atoms with van der Waals surface area (Å²) in [7, 11) is 0.440. The van der Waals surface area contributed by atoms with Gasteiger partial charge in [0.15, 0.2) is 0 Å². The number of halogens is 1. The van der Waals surface area contributed by atoms with E-state index in [1.165, 1.54) is 33.3 Å². The highest BCUT2D eigenvalue weighted by atomic mass is 79.9. The number of nitrogens with zero attached hydrogens (tertiary/aromatic N) is 1. The summed E-state index contributed by atoms with van der Waals surface area (Å²) in [6, 6.07) is 4.63. The Labute approximate surface area is 114 Å². The second-order valence-electron chi connectivity index (χ2n) is 3.55. The lowest BCUT2D eigenvalue weighted by Gasteiger charge is -2.15. The number of anilines is 1. The van der Waals surface area contributed by atoms with Crippen molar-refractivity contribution in [1.82, 2.24) is 4.31 Å². The van der Waals surface area contributed by atoms with Crippen molar-refractivity contribution in [2.75, 3.05) is 25.9 Å². The molecule has 0 bridgehead atoms. The fraction of sp³-hybridized carbons (Fsp3) is 0.300. The lowest BCUT2D eigenvalue weighted by molar-refractivity contribution is 0.0599. The van der Waals surface area contributed by atoms with Crippen LogP contribution in [0.25, 0.3) is 0 Å². The zero-order valence-electron chi connectivity index (χ0n) is 10.1. The van der Waals surface area contributed by atoms with Crippen LogP contribution >= 0.6 is 15.9 Å². The lowest BCUT2D eigenvalue weighted by Crippen LogP contribution is -2.29. The Bertz CT molecular complexity index is 557. The van der Waals surface area contributed by atoms with E-state index in [4.69, 9.17) is 0 Å². The molecule has 0 saturated carbocycles. The van der Waals surface area contributed by atoms with Gasteiger partial charge in [-0.2, -0.15) is 12.7 Å². The number of hydrogen-bond donors (Lipinski definition) is 1. The molecule has 0 saturated heterocycles. The van der Waals surface area contributed by atoms with Gasteiger partial charge in [0.05, 0.1) is 22.8 Å². The van der Waals surface area contributed by atoms with Gasteiger partial charge >= 0.3 is 16.2 Å². The predicted octanol–water partition coefficient (Wildman–Crippen LogP) is 1.45. The van der Waals surface area contributed by atoms with E-state index in [2.05, 4.69) is 25.4 Å². The summed E-state index contributed by atoms with van der Waals surface area (Å²) >= 11 is 3.18. The van der Waals surface area contributed by atoms with Crippen LogP contribution in [-0.4, -0.2) is 39.9 Å². The minimum Gasteiger partial charge on any atom is -0.465 e. The molecular weight excluding hydrogens is 324 g/mol. The van der Waals surface area contributed by atoms with E-state index >= 15 is 0 Å². The summed E-state index contributed by atoms with van der Waals surface area (Å²) in [6.45, 7) is 0. The normalized spacial score (nSPS) is 11.4. The van der Waals surface area contributed by atoms with Crippen molar-refractivity contribution in [2.24, 2.45) is 0 Å². The first-order chi connectivity index (χ1) is 8.29. The van der Waals surface area contributed by atoms with Crippen LogP contribution in [0.2, 0.25) is 0 Å². The van der Waals surface area contributed by atoms with Gasteiger partial charge in [0, 0.05) is 14.1 Å². The molecule has 18 heavy (non-hydrogen) atoms. The summed E-state index contributed by atoms with van der Waals surface area (Å²) in [6.07, 6.45) is 0. The molecule has 0 heterocycles. The second-order valence-corrected chi connectivity index (χ2v) is 6.23. The molecule has 1 N–H and O–H groups in total. The lowest BCUT2D eigenvalue weighted by atomic mass is 10.2. The maximum atomic E-state index is 11.7. The maximum Gasteiger partial charge on any atom is 0.339 e. The number of ether oxygens (including phenoxy) is 1. The minimum atomic E-state index is -3.62. The highest BCUT2D eigenvalue weighted by molar-refractivity contribution is 9.10. The quantitative estimate of drug-likeness (QED) is 0.844. The number of hydrogen-bond acceptors (Lipinski definition) is 4. The van der Waals surface area contributed by atoms with Gasteiger partial charge in [0.25, 0.3) is 0 Å². The van der Waals surface area contributed by atoms with Crippen molar-refractivity contribution in [3.05, 3.63) is 28.2 Å². The fourth-order valence-corrected chi connectivity index (χ4v) is 2.40. The van der Waals surface area contributed by atoms with Crippen molar-refractivity contribution >= 4 is 37.8 Å². The molecule has 0 atom stereocenters. The number of esters is 1. The molecule has 8 heteroatoms. The molecule has 6 nitrogen and oxygen atoms in total. The summed E-state index contributed by atoms with van der Waals surface area (Å²) in [4.78, 5) is 11.4. The van der Waals surface area contributed by atoms with E-state index < -0.39 is 16.2 Å². The summed E-state index contributed by atoms with van der Waals surface area (Å²) in [5, 5.41) is 0. The Balaban J connectivity index is 3.17. The molecule has 1 aromatic rings. The van der Waals surface area contributed by atoms with Crippen LogP contribution in [0.4, 0.5) is 5.69 Å². The standard InChI is InChI=1S/C10H13BrN2O4S/c1-13(2)18(15,16)12-8-6-4-5-7(9(8)11)10(14)17-3/h4-6,12H,1-3H3. The Morgan fingerprint density at radius 2 is 2.00 bits per heavy atom. The number of methoxy groups -OCH3 is 1. The monoisotopic (exact) mass is 336 g/mol. The van der Waals surface area contributed by atoms with Crippen LogP contribution < -0.4 is 4.72 Å². The average Bonchev–Trinajstić information content (AvgIpc) is 2.30. The van der Waals surface area contributed by atoms with Gasteiger partial charge in [-0.3, -0.25) is 4.72 Å². The van der Waals surface area contributed by atoms with Crippen molar-refractivity contribution in [3.8, 4) is 0 Å². The Morgan fingerprint density at radius 1 is 1.39 bits per heavy atom. The third-order valence-corrected chi connectivity index (χ3v) is 4.42. The molecular formula is C10H13BrN2O4S. The molecule has 0 aliphatic heterocycles. The van der Waals surface area contributed by atoms with E-state index in [9.17, 15) is 13.2 Å². The summed E-state index contributed by atoms with van der Waals surface area (Å²) < 4.78 is 31.7. The van der Waals surface area contributed by atoms with Crippen LogP contribution in [0.1, 0.15) is 10.4 Å². The summed E-state index contributed by atoms with van der Waals surface area (Å²) in [5.41, 5.74) is 0.517. The van der Waals surface area contributed by atoms with Gasteiger partial charge in [0.2, 0.25) is 0 Å². The molecule has 0 aliphatic rings. The molecule has 0 aromatic heterocycles. The van der Waals surface area contributed by atoms with Crippen LogP contribution in [0.15, 0.2) is 22.7 Å². The number of nitrogens with one attached hydrogen (secondary N) is 1. The second kappa shape index (κ2) is 5.68. The highest BCUT2D eigenvalue weighted by Crippen LogP contribution is 2.28. The van der Waals surface area contributed by atoms with Gasteiger partial charge in [-0.25, -0.2) is 4.79 Å². The van der Waals surface area contributed by atoms with E-state index in [1.807, 2.05) is 0 Å². The largest absolute Gasteiger partial charge is 0.465 e. The van der Waals surface area contributed by atoms with E-state index in [0.717, 1.165) is 4.31 Å². The number of benzene rings is 1. The Morgan fingerprint density at radius 3 is 2.50 bits per heavy atom. The van der Waals surface area contributed by atoms with Crippen LogP contribution in [0.5, 0.6) is 0 Å². The molecule has 1 aromatic carbocycles. The van der Waals surface area contributed by atoms with E-state index in [-0.39, 0.29) is 11.3 Å². The zero-order valence-corrected chi connectivity index (χ0v) is 12.5. The predicted molar refractivity (Wildman–Crippen MR) is 71.7 cm³/mol.